The van der Waals surface area contributed by atoms with Gasteiger partial charge >= 0.3 is 5.97 Å². The van der Waals surface area contributed by atoms with E-state index in [1.807, 2.05) is 31.2 Å². The van der Waals surface area contributed by atoms with Gasteiger partial charge < -0.3 is 15.4 Å². The summed E-state index contributed by atoms with van der Waals surface area (Å²) < 4.78 is 5.03. The minimum absolute atomic E-state index is 0.190. The molecule has 0 bridgehead atoms. The molecule has 3 aromatic carbocycles. The Hall–Kier alpha value is -3.93. The third kappa shape index (κ3) is 5.54. The molecule has 0 spiro atoms. The van der Waals surface area contributed by atoms with Crippen LogP contribution in [0.1, 0.15) is 38.8 Å². The number of amides is 2. The highest BCUT2D eigenvalue weighted by Gasteiger charge is 2.12. The average molecular weight is 402 g/mol. The van der Waals surface area contributed by atoms with Crippen LogP contribution < -0.4 is 15.4 Å². The molecule has 0 heterocycles. The van der Waals surface area contributed by atoms with Crippen molar-refractivity contribution in [2.75, 3.05) is 5.32 Å². The maximum atomic E-state index is 12.7. The molecule has 0 aliphatic rings. The quantitative estimate of drug-likeness (QED) is 0.480. The van der Waals surface area contributed by atoms with Crippen LogP contribution in [-0.4, -0.2) is 17.8 Å². The third-order valence-corrected chi connectivity index (χ3v) is 4.38. The van der Waals surface area contributed by atoms with E-state index in [1.165, 1.54) is 13.0 Å². The first kappa shape index (κ1) is 20.8. The lowest BCUT2D eigenvalue weighted by Gasteiger charge is -2.13. The first-order valence-electron chi connectivity index (χ1n) is 9.45. The minimum Gasteiger partial charge on any atom is -0.427 e. The van der Waals surface area contributed by atoms with E-state index in [0.29, 0.717) is 22.6 Å². The van der Waals surface area contributed by atoms with Crippen molar-refractivity contribution in [2.45, 2.75) is 20.4 Å². The molecule has 152 valence electrons. The van der Waals surface area contributed by atoms with Crippen LogP contribution in [-0.2, 0) is 11.3 Å². The maximum Gasteiger partial charge on any atom is 0.308 e. The molecule has 0 aromatic heterocycles. The van der Waals surface area contributed by atoms with Crippen LogP contribution in [0.5, 0.6) is 5.75 Å². The van der Waals surface area contributed by atoms with E-state index in [0.717, 1.165) is 11.1 Å². The van der Waals surface area contributed by atoms with Gasteiger partial charge in [-0.1, -0.05) is 42.0 Å². The third-order valence-electron chi connectivity index (χ3n) is 4.38. The predicted octanol–water partition coefficient (Wildman–Crippen LogP) is 4.10. The highest BCUT2D eigenvalue weighted by molar-refractivity contribution is 6.05. The van der Waals surface area contributed by atoms with Crippen LogP contribution in [0.4, 0.5) is 5.69 Å². The fraction of sp³-hybridized carbons (Fsp3) is 0.125. The molecular formula is C24H22N2O4. The van der Waals surface area contributed by atoms with E-state index in [4.69, 9.17) is 4.74 Å². The van der Waals surface area contributed by atoms with Crippen LogP contribution >= 0.6 is 0 Å². The molecule has 0 fully saturated rings. The second kappa shape index (κ2) is 9.52. The first-order chi connectivity index (χ1) is 14.4. The monoisotopic (exact) mass is 402 g/mol. The summed E-state index contributed by atoms with van der Waals surface area (Å²) in [6, 6.07) is 20.9. The number of aryl methyl sites for hydroxylation is 1. The van der Waals surface area contributed by atoms with Crippen LogP contribution in [0.15, 0.2) is 72.8 Å². The van der Waals surface area contributed by atoms with Gasteiger partial charge in [0.2, 0.25) is 0 Å². The van der Waals surface area contributed by atoms with E-state index < -0.39 is 5.97 Å². The van der Waals surface area contributed by atoms with Gasteiger partial charge in [-0.3, -0.25) is 14.4 Å². The van der Waals surface area contributed by atoms with Crippen LogP contribution in [0, 0.1) is 6.92 Å². The number of benzene rings is 3. The van der Waals surface area contributed by atoms with E-state index >= 15 is 0 Å². The van der Waals surface area contributed by atoms with E-state index in [2.05, 4.69) is 10.6 Å². The maximum absolute atomic E-state index is 12.7. The number of carbonyl (C=O) groups excluding carboxylic acids is 3. The number of carbonyl (C=O) groups is 3. The predicted molar refractivity (Wildman–Crippen MR) is 114 cm³/mol. The summed E-state index contributed by atoms with van der Waals surface area (Å²) in [6.45, 7) is 3.52. The number of hydrogen-bond donors (Lipinski definition) is 2. The lowest BCUT2D eigenvalue weighted by atomic mass is 10.1. The normalized spacial score (nSPS) is 10.2. The lowest BCUT2D eigenvalue weighted by Crippen LogP contribution is -2.24. The van der Waals surface area contributed by atoms with Crippen molar-refractivity contribution in [3.63, 3.8) is 0 Å². The molecule has 0 aliphatic carbocycles. The Morgan fingerprint density at radius 2 is 1.57 bits per heavy atom. The Morgan fingerprint density at radius 3 is 2.30 bits per heavy atom. The van der Waals surface area contributed by atoms with Gasteiger partial charge in [0, 0.05) is 30.3 Å². The van der Waals surface area contributed by atoms with E-state index in [1.54, 1.807) is 42.5 Å². The second-order valence-electron chi connectivity index (χ2n) is 6.78. The summed E-state index contributed by atoms with van der Waals surface area (Å²) in [5, 5.41) is 5.72. The molecule has 30 heavy (non-hydrogen) atoms. The molecule has 0 saturated carbocycles. The minimum atomic E-state index is -0.456. The molecule has 0 aliphatic heterocycles. The van der Waals surface area contributed by atoms with Gasteiger partial charge in [-0.2, -0.15) is 0 Å². The summed E-state index contributed by atoms with van der Waals surface area (Å²) in [6.07, 6.45) is 0. The number of para-hydroxylation sites is 1. The van der Waals surface area contributed by atoms with Gasteiger partial charge in [0.15, 0.2) is 0 Å². The Labute approximate surface area is 174 Å². The fourth-order valence-corrected chi connectivity index (χ4v) is 2.84. The first-order valence-corrected chi connectivity index (χ1v) is 9.45. The van der Waals surface area contributed by atoms with Gasteiger partial charge in [0.1, 0.15) is 5.75 Å². The lowest BCUT2D eigenvalue weighted by molar-refractivity contribution is -0.131. The highest BCUT2D eigenvalue weighted by atomic mass is 16.5. The summed E-state index contributed by atoms with van der Waals surface area (Å²) >= 11 is 0. The molecule has 0 unspecified atom stereocenters. The molecule has 2 N–H and O–H groups in total. The van der Waals surface area contributed by atoms with Crippen molar-refractivity contribution >= 4 is 23.5 Å². The van der Waals surface area contributed by atoms with Crippen molar-refractivity contribution in [1.82, 2.24) is 5.32 Å². The van der Waals surface area contributed by atoms with Crippen molar-refractivity contribution in [1.29, 1.82) is 0 Å². The Morgan fingerprint density at radius 1 is 0.833 bits per heavy atom. The van der Waals surface area contributed by atoms with Crippen LogP contribution in [0.2, 0.25) is 0 Å². The second-order valence-corrected chi connectivity index (χ2v) is 6.78. The van der Waals surface area contributed by atoms with Crippen molar-refractivity contribution in [3.8, 4) is 5.75 Å². The molecule has 0 atom stereocenters. The van der Waals surface area contributed by atoms with Gasteiger partial charge in [-0.05, 0) is 48.9 Å². The molecule has 0 saturated heterocycles. The van der Waals surface area contributed by atoms with Gasteiger partial charge in [0.05, 0.1) is 0 Å². The number of nitrogens with one attached hydrogen (secondary N) is 2. The number of esters is 1. The number of ether oxygens (including phenoxy) is 1. The van der Waals surface area contributed by atoms with Crippen LogP contribution in [0.3, 0.4) is 0 Å². The molecule has 2 amide bonds. The molecule has 3 aromatic rings. The molecule has 6 heteroatoms. The Balaban J connectivity index is 1.69. The zero-order valence-corrected chi connectivity index (χ0v) is 16.8. The van der Waals surface area contributed by atoms with Crippen molar-refractivity contribution in [2.24, 2.45) is 0 Å². The average Bonchev–Trinajstić information content (AvgIpc) is 2.73. The van der Waals surface area contributed by atoms with Gasteiger partial charge in [-0.25, -0.2) is 0 Å². The standard InChI is InChI=1S/C24H22N2O4/c1-16-10-12-18(13-11-16)23(28)25-15-20-6-3-4-9-22(20)26-24(29)19-7-5-8-21(14-19)30-17(2)27/h3-14H,15H2,1-2H3,(H,25,28)(H,26,29). The molecular weight excluding hydrogens is 380 g/mol. The summed E-state index contributed by atoms with van der Waals surface area (Å²) in [4.78, 5) is 36.1. The number of anilines is 1. The summed E-state index contributed by atoms with van der Waals surface area (Å²) in [5.74, 6) is -0.692. The zero-order chi connectivity index (χ0) is 21.5. The van der Waals surface area contributed by atoms with Crippen molar-refractivity contribution < 1.29 is 19.1 Å². The topological polar surface area (TPSA) is 84.5 Å². The van der Waals surface area contributed by atoms with Gasteiger partial charge in [-0.15, -0.1) is 0 Å². The van der Waals surface area contributed by atoms with Gasteiger partial charge in [0.25, 0.3) is 11.8 Å². The molecule has 6 nitrogen and oxygen atoms in total. The molecule has 0 radical (unpaired) electrons. The fourth-order valence-electron chi connectivity index (χ4n) is 2.84. The Kier molecular flexibility index (Phi) is 6.60. The summed E-state index contributed by atoms with van der Waals surface area (Å²) in [5.41, 5.74) is 3.36. The highest BCUT2D eigenvalue weighted by Crippen LogP contribution is 2.19. The number of hydrogen-bond acceptors (Lipinski definition) is 4. The molecule has 3 rings (SSSR count). The number of rotatable bonds is 6. The SMILES string of the molecule is CC(=O)Oc1cccc(C(=O)Nc2ccccc2CNC(=O)c2ccc(C)cc2)c1. The summed E-state index contributed by atoms with van der Waals surface area (Å²) in [7, 11) is 0. The van der Waals surface area contributed by atoms with E-state index in [9.17, 15) is 14.4 Å². The van der Waals surface area contributed by atoms with E-state index in [-0.39, 0.29) is 18.4 Å². The Bertz CT molecular complexity index is 1070. The zero-order valence-electron chi connectivity index (χ0n) is 16.8. The smallest absolute Gasteiger partial charge is 0.308 e. The van der Waals surface area contributed by atoms with Crippen LogP contribution in [0.25, 0.3) is 0 Å². The largest absolute Gasteiger partial charge is 0.427 e. The van der Waals surface area contributed by atoms with Crippen molar-refractivity contribution in [3.05, 3.63) is 95.1 Å².